The van der Waals surface area contributed by atoms with Crippen LogP contribution in [0.1, 0.15) is 12.0 Å². The Morgan fingerprint density at radius 3 is 2.93 bits per heavy atom. The van der Waals surface area contributed by atoms with Gasteiger partial charge in [-0.2, -0.15) is 11.8 Å². The highest BCUT2D eigenvalue weighted by Crippen LogP contribution is 2.26. The predicted molar refractivity (Wildman–Crippen MR) is 69.7 cm³/mol. The maximum Gasteiger partial charge on any atom is 0.0600 e. The Kier molecular flexibility index (Phi) is 3.41. The SMILES string of the molecule is Cc1ccc(N2CCCSCC2)c(N)c1. The zero-order chi connectivity index (χ0) is 10.7. The fourth-order valence-electron chi connectivity index (χ4n) is 1.95. The average molecular weight is 222 g/mol. The number of rotatable bonds is 1. The molecule has 1 heterocycles. The maximum atomic E-state index is 6.05. The highest BCUT2D eigenvalue weighted by atomic mass is 32.2. The van der Waals surface area contributed by atoms with E-state index in [1.807, 2.05) is 11.8 Å². The molecule has 0 amide bonds. The van der Waals surface area contributed by atoms with Gasteiger partial charge in [0.15, 0.2) is 0 Å². The third-order valence-electron chi connectivity index (χ3n) is 2.75. The van der Waals surface area contributed by atoms with Gasteiger partial charge < -0.3 is 10.6 Å². The second-order valence-electron chi connectivity index (χ2n) is 4.02. The number of nitrogens with two attached hydrogens (primary N) is 1. The number of nitrogen functional groups attached to an aromatic ring is 1. The summed E-state index contributed by atoms with van der Waals surface area (Å²) in [7, 11) is 0. The van der Waals surface area contributed by atoms with Crippen molar-refractivity contribution in [2.45, 2.75) is 13.3 Å². The first kappa shape index (κ1) is 10.7. The van der Waals surface area contributed by atoms with Crippen molar-refractivity contribution in [3.8, 4) is 0 Å². The second kappa shape index (κ2) is 4.79. The van der Waals surface area contributed by atoms with Gasteiger partial charge in [-0.05, 0) is 36.8 Å². The zero-order valence-electron chi connectivity index (χ0n) is 9.20. The molecule has 2 rings (SSSR count). The second-order valence-corrected chi connectivity index (χ2v) is 5.24. The number of benzene rings is 1. The molecule has 0 atom stereocenters. The Morgan fingerprint density at radius 2 is 2.13 bits per heavy atom. The monoisotopic (exact) mass is 222 g/mol. The summed E-state index contributed by atoms with van der Waals surface area (Å²) in [6.45, 7) is 4.34. The van der Waals surface area contributed by atoms with Crippen molar-refractivity contribution in [1.82, 2.24) is 0 Å². The van der Waals surface area contributed by atoms with Crippen LogP contribution in [-0.2, 0) is 0 Å². The molecule has 1 aromatic rings. The van der Waals surface area contributed by atoms with Gasteiger partial charge in [0, 0.05) is 18.8 Å². The van der Waals surface area contributed by atoms with Gasteiger partial charge in [-0.25, -0.2) is 0 Å². The summed E-state index contributed by atoms with van der Waals surface area (Å²) in [5.41, 5.74) is 9.42. The van der Waals surface area contributed by atoms with Crippen molar-refractivity contribution in [3.05, 3.63) is 23.8 Å². The van der Waals surface area contributed by atoms with E-state index in [1.54, 1.807) is 0 Å². The number of anilines is 2. The van der Waals surface area contributed by atoms with E-state index in [4.69, 9.17) is 5.73 Å². The molecule has 1 aliphatic heterocycles. The van der Waals surface area contributed by atoms with Gasteiger partial charge in [0.2, 0.25) is 0 Å². The predicted octanol–water partition coefficient (Wildman–Crippen LogP) is 2.52. The molecule has 3 heteroatoms. The van der Waals surface area contributed by atoms with Crippen molar-refractivity contribution >= 4 is 23.1 Å². The molecule has 0 saturated carbocycles. The molecule has 0 radical (unpaired) electrons. The fourth-order valence-corrected chi connectivity index (χ4v) is 2.84. The first-order valence-electron chi connectivity index (χ1n) is 5.46. The first-order chi connectivity index (χ1) is 7.27. The van der Waals surface area contributed by atoms with Gasteiger partial charge in [0.1, 0.15) is 0 Å². The van der Waals surface area contributed by atoms with Crippen LogP contribution in [0.3, 0.4) is 0 Å². The number of thioether (sulfide) groups is 1. The van der Waals surface area contributed by atoms with Crippen LogP contribution in [0.25, 0.3) is 0 Å². The third-order valence-corrected chi connectivity index (χ3v) is 3.79. The van der Waals surface area contributed by atoms with Gasteiger partial charge in [-0.15, -0.1) is 0 Å². The molecule has 0 spiro atoms. The Hall–Kier alpha value is -0.830. The Labute approximate surface area is 95.8 Å². The number of aryl methyl sites for hydroxylation is 1. The minimum absolute atomic E-state index is 0.918. The number of hydrogen-bond acceptors (Lipinski definition) is 3. The number of nitrogens with zero attached hydrogens (tertiary/aromatic N) is 1. The number of hydrogen-bond donors (Lipinski definition) is 1. The van der Waals surface area contributed by atoms with Crippen LogP contribution < -0.4 is 10.6 Å². The van der Waals surface area contributed by atoms with Gasteiger partial charge >= 0.3 is 0 Å². The molecule has 1 aliphatic rings. The normalized spacial score (nSPS) is 17.5. The third kappa shape index (κ3) is 2.59. The molecule has 15 heavy (non-hydrogen) atoms. The van der Waals surface area contributed by atoms with Crippen LogP contribution in [0.15, 0.2) is 18.2 Å². The van der Waals surface area contributed by atoms with Crippen molar-refractivity contribution < 1.29 is 0 Å². The Morgan fingerprint density at radius 1 is 1.27 bits per heavy atom. The summed E-state index contributed by atoms with van der Waals surface area (Å²) in [5, 5.41) is 0. The minimum atomic E-state index is 0.918. The molecular weight excluding hydrogens is 204 g/mol. The van der Waals surface area contributed by atoms with Crippen molar-refractivity contribution in [2.75, 3.05) is 35.2 Å². The van der Waals surface area contributed by atoms with E-state index in [9.17, 15) is 0 Å². The average Bonchev–Trinajstić information content (AvgIpc) is 2.46. The molecule has 2 N–H and O–H groups in total. The summed E-state index contributed by atoms with van der Waals surface area (Å²) < 4.78 is 0. The lowest BCUT2D eigenvalue weighted by Gasteiger charge is -2.24. The van der Waals surface area contributed by atoms with E-state index in [0.29, 0.717) is 0 Å². The maximum absolute atomic E-state index is 6.05. The summed E-state index contributed by atoms with van der Waals surface area (Å²) in [5.74, 6) is 2.50. The van der Waals surface area contributed by atoms with Gasteiger partial charge in [0.05, 0.1) is 11.4 Å². The quantitative estimate of drug-likeness (QED) is 0.740. The standard InChI is InChI=1S/C12H18N2S/c1-10-3-4-12(11(13)9-10)14-5-2-7-15-8-6-14/h3-4,9H,2,5-8,13H2,1H3. The highest BCUT2D eigenvalue weighted by Gasteiger charge is 2.12. The molecule has 0 bridgehead atoms. The van der Waals surface area contributed by atoms with E-state index in [-0.39, 0.29) is 0 Å². The first-order valence-corrected chi connectivity index (χ1v) is 6.61. The van der Waals surface area contributed by atoms with Crippen molar-refractivity contribution in [1.29, 1.82) is 0 Å². The smallest absolute Gasteiger partial charge is 0.0600 e. The van der Waals surface area contributed by atoms with E-state index < -0.39 is 0 Å². The lowest BCUT2D eigenvalue weighted by atomic mass is 10.1. The summed E-state index contributed by atoms with van der Waals surface area (Å²) in [4.78, 5) is 2.41. The van der Waals surface area contributed by atoms with Gasteiger partial charge in [0.25, 0.3) is 0 Å². The van der Waals surface area contributed by atoms with E-state index in [2.05, 4.69) is 30.0 Å². The van der Waals surface area contributed by atoms with Gasteiger partial charge in [-0.3, -0.25) is 0 Å². The summed E-state index contributed by atoms with van der Waals surface area (Å²) in [6.07, 6.45) is 1.26. The van der Waals surface area contributed by atoms with Crippen LogP contribution >= 0.6 is 11.8 Å². The molecule has 1 aromatic carbocycles. The lowest BCUT2D eigenvalue weighted by molar-refractivity contribution is 0.817. The van der Waals surface area contributed by atoms with Crippen LogP contribution in [-0.4, -0.2) is 24.6 Å². The van der Waals surface area contributed by atoms with Crippen molar-refractivity contribution in [3.63, 3.8) is 0 Å². The summed E-state index contributed by atoms with van der Waals surface area (Å²) >= 11 is 2.04. The minimum Gasteiger partial charge on any atom is -0.397 e. The van der Waals surface area contributed by atoms with E-state index in [1.165, 1.54) is 29.2 Å². The summed E-state index contributed by atoms with van der Waals surface area (Å²) in [6, 6.07) is 6.36. The molecule has 0 aliphatic carbocycles. The van der Waals surface area contributed by atoms with Crippen LogP contribution in [0.2, 0.25) is 0 Å². The van der Waals surface area contributed by atoms with Gasteiger partial charge in [-0.1, -0.05) is 6.07 Å². The molecular formula is C12H18N2S. The Bertz CT molecular complexity index is 330. The molecule has 1 saturated heterocycles. The topological polar surface area (TPSA) is 29.3 Å². The zero-order valence-corrected chi connectivity index (χ0v) is 10.0. The molecule has 2 nitrogen and oxygen atoms in total. The lowest BCUT2D eigenvalue weighted by Crippen LogP contribution is -2.26. The molecule has 0 unspecified atom stereocenters. The molecule has 82 valence electrons. The van der Waals surface area contributed by atoms with Crippen molar-refractivity contribution in [2.24, 2.45) is 0 Å². The fraction of sp³-hybridized carbons (Fsp3) is 0.500. The largest absolute Gasteiger partial charge is 0.397 e. The van der Waals surface area contributed by atoms with Crippen LogP contribution in [0.5, 0.6) is 0 Å². The molecule has 1 fully saturated rings. The Balaban J connectivity index is 2.19. The molecule has 0 aromatic heterocycles. The van der Waals surface area contributed by atoms with Crippen LogP contribution in [0.4, 0.5) is 11.4 Å². The van der Waals surface area contributed by atoms with E-state index in [0.717, 1.165) is 18.8 Å². The van der Waals surface area contributed by atoms with E-state index >= 15 is 0 Å². The highest BCUT2D eigenvalue weighted by molar-refractivity contribution is 7.99. The van der Waals surface area contributed by atoms with Crippen LogP contribution in [0, 0.1) is 6.92 Å².